The summed E-state index contributed by atoms with van der Waals surface area (Å²) < 4.78 is 0. The van der Waals surface area contributed by atoms with Crippen LogP contribution in [0.4, 0.5) is 0 Å². The van der Waals surface area contributed by atoms with Gasteiger partial charge in [0, 0.05) is 29.3 Å². The van der Waals surface area contributed by atoms with Crippen molar-refractivity contribution in [1.29, 1.82) is 0 Å². The predicted octanol–water partition coefficient (Wildman–Crippen LogP) is 3.24. The lowest BCUT2D eigenvalue weighted by atomic mass is 9.93. The average Bonchev–Trinajstić information content (AvgIpc) is 3.14. The molecule has 2 nitrogen and oxygen atoms in total. The molecule has 1 aliphatic rings. The molecule has 0 bridgehead atoms. The lowest BCUT2D eigenvalue weighted by Gasteiger charge is -2.10. The fraction of sp³-hybridized carbons (Fsp3) is 0.250. The molecule has 1 aliphatic carbocycles. The quantitative estimate of drug-likeness (QED) is 0.767. The number of rotatable bonds is 3. The van der Waals surface area contributed by atoms with Crippen LogP contribution >= 0.6 is 0 Å². The van der Waals surface area contributed by atoms with E-state index in [0.29, 0.717) is 0 Å². The molecular weight excluding hydrogens is 222 g/mol. The molecule has 2 aromatic rings. The fourth-order valence-corrected chi connectivity index (χ4v) is 2.59. The Morgan fingerprint density at radius 2 is 2.00 bits per heavy atom. The van der Waals surface area contributed by atoms with Gasteiger partial charge in [-0.15, -0.1) is 0 Å². The second-order valence-electron chi connectivity index (χ2n) is 5.15. The molecule has 2 atom stereocenters. The molecule has 1 aromatic carbocycles. The van der Waals surface area contributed by atoms with E-state index in [2.05, 4.69) is 24.0 Å². The maximum atomic E-state index is 12.4. The SMILES string of the molecule is C[C@]1(c2ccccc2)C[C@@H]1C(=O)c1cccnc1. The second-order valence-corrected chi connectivity index (χ2v) is 5.15. The van der Waals surface area contributed by atoms with Crippen LogP contribution in [0.5, 0.6) is 0 Å². The highest BCUT2D eigenvalue weighted by molar-refractivity contribution is 6.00. The highest BCUT2D eigenvalue weighted by atomic mass is 16.1. The van der Waals surface area contributed by atoms with Crippen LogP contribution in [-0.4, -0.2) is 10.8 Å². The van der Waals surface area contributed by atoms with E-state index >= 15 is 0 Å². The first-order valence-electron chi connectivity index (χ1n) is 6.21. The molecule has 2 heteroatoms. The van der Waals surface area contributed by atoms with Crippen molar-refractivity contribution >= 4 is 5.78 Å². The Labute approximate surface area is 107 Å². The fourth-order valence-electron chi connectivity index (χ4n) is 2.59. The summed E-state index contributed by atoms with van der Waals surface area (Å²) in [6, 6.07) is 13.9. The molecule has 1 aromatic heterocycles. The van der Waals surface area contributed by atoms with Gasteiger partial charge in [0.25, 0.3) is 0 Å². The summed E-state index contributed by atoms with van der Waals surface area (Å²) in [7, 11) is 0. The third-order valence-electron chi connectivity index (χ3n) is 3.93. The van der Waals surface area contributed by atoms with E-state index in [1.807, 2.05) is 30.3 Å². The van der Waals surface area contributed by atoms with Gasteiger partial charge in [-0.25, -0.2) is 0 Å². The summed E-state index contributed by atoms with van der Waals surface area (Å²) in [6.45, 7) is 2.17. The molecule has 0 N–H and O–H groups in total. The first kappa shape index (κ1) is 11.1. The van der Waals surface area contributed by atoms with Gasteiger partial charge >= 0.3 is 0 Å². The molecule has 0 radical (unpaired) electrons. The zero-order valence-corrected chi connectivity index (χ0v) is 10.3. The maximum Gasteiger partial charge on any atom is 0.168 e. The van der Waals surface area contributed by atoms with Crippen LogP contribution in [0.2, 0.25) is 0 Å². The van der Waals surface area contributed by atoms with Gasteiger partial charge in [0.1, 0.15) is 0 Å². The number of carbonyl (C=O) groups is 1. The molecule has 3 rings (SSSR count). The second kappa shape index (κ2) is 4.05. The summed E-state index contributed by atoms with van der Waals surface area (Å²) >= 11 is 0. The molecule has 0 unspecified atom stereocenters. The van der Waals surface area contributed by atoms with E-state index in [4.69, 9.17) is 0 Å². The zero-order valence-electron chi connectivity index (χ0n) is 10.3. The van der Waals surface area contributed by atoms with E-state index in [1.54, 1.807) is 12.4 Å². The average molecular weight is 237 g/mol. The maximum absolute atomic E-state index is 12.4. The van der Waals surface area contributed by atoms with E-state index in [1.165, 1.54) is 5.56 Å². The number of ketones is 1. The van der Waals surface area contributed by atoms with Crippen LogP contribution in [0.15, 0.2) is 54.9 Å². The van der Waals surface area contributed by atoms with Gasteiger partial charge in [-0.2, -0.15) is 0 Å². The highest BCUT2D eigenvalue weighted by Crippen LogP contribution is 2.55. The van der Waals surface area contributed by atoms with Crippen LogP contribution in [0.25, 0.3) is 0 Å². The lowest BCUT2D eigenvalue weighted by molar-refractivity contribution is 0.0958. The van der Waals surface area contributed by atoms with E-state index < -0.39 is 0 Å². The minimum atomic E-state index is 0.00812. The van der Waals surface area contributed by atoms with Gasteiger partial charge in [0.05, 0.1) is 0 Å². The first-order valence-corrected chi connectivity index (χ1v) is 6.21. The number of pyridine rings is 1. The molecule has 0 saturated heterocycles. The Balaban J connectivity index is 1.84. The van der Waals surface area contributed by atoms with Crippen molar-refractivity contribution in [1.82, 2.24) is 4.98 Å². The number of hydrogen-bond acceptors (Lipinski definition) is 2. The summed E-state index contributed by atoms with van der Waals surface area (Å²) in [4.78, 5) is 16.4. The molecule has 0 aliphatic heterocycles. The third-order valence-corrected chi connectivity index (χ3v) is 3.93. The van der Waals surface area contributed by atoms with Crippen LogP contribution < -0.4 is 0 Å². The minimum Gasteiger partial charge on any atom is -0.294 e. The largest absolute Gasteiger partial charge is 0.294 e. The molecule has 1 fully saturated rings. The first-order chi connectivity index (χ1) is 8.72. The summed E-state index contributed by atoms with van der Waals surface area (Å²) in [5.74, 6) is 0.318. The smallest absolute Gasteiger partial charge is 0.168 e. The predicted molar refractivity (Wildman–Crippen MR) is 70.5 cm³/mol. The normalized spacial score (nSPS) is 25.7. The monoisotopic (exact) mass is 237 g/mol. The van der Waals surface area contributed by atoms with Crippen molar-refractivity contribution in [3.63, 3.8) is 0 Å². The van der Waals surface area contributed by atoms with Crippen molar-refractivity contribution in [2.75, 3.05) is 0 Å². The molecule has 0 amide bonds. The van der Waals surface area contributed by atoms with Gasteiger partial charge in [0.2, 0.25) is 0 Å². The third kappa shape index (κ3) is 1.74. The highest BCUT2D eigenvalue weighted by Gasteiger charge is 2.55. The Bertz CT molecular complexity index is 564. The van der Waals surface area contributed by atoms with Crippen LogP contribution in [0, 0.1) is 5.92 Å². The zero-order chi connectivity index (χ0) is 12.6. The van der Waals surface area contributed by atoms with Gasteiger partial charge < -0.3 is 0 Å². The molecule has 18 heavy (non-hydrogen) atoms. The number of hydrogen-bond donors (Lipinski definition) is 0. The van der Waals surface area contributed by atoms with Gasteiger partial charge in [-0.3, -0.25) is 9.78 Å². The minimum absolute atomic E-state index is 0.00812. The Kier molecular flexibility index (Phi) is 2.51. The summed E-state index contributed by atoms with van der Waals surface area (Å²) in [6.07, 6.45) is 4.29. The molecule has 1 heterocycles. The Morgan fingerprint density at radius 1 is 1.22 bits per heavy atom. The van der Waals surface area contributed by atoms with Gasteiger partial charge in [-0.05, 0) is 24.1 Å². The van der Waals surface area contributed by atoms with E-state index in [9.17, 15) is 4.79 Å². The van der Waals surface area contributed by atoms with Crippen LogP contribution in [0.1, 0.15) is 29.3 Å². The van der Waals surface area contributed by atoms with Crippen molar-refractivity contribution < 1.29 is 4.79 Å². The molecule has 1 saturated carbocycles. The topological polar surface area (TPSA) is 30.0 Å². The number of nitrogens with zero attached hydrogens (tertiary/aromatic N) is 1. The summed E-state index contributed by atoms with van der Waals surface area (Å²) in [5, 5.41) is 0. The van der Waals surface area contributed by atoms with E-state index in [0.717, 1.165) is 12.0 Å². The lowest BCUT2D eigenvalue weighted by Crippen LogP contribution is -2.12. The number of carbonyl (C=O) groups excluding carboxylic acids is 1. The molecular formula is C16H15NO. The van der Waals surface area contributed by atoms with Gasteiger partial charge in [0.15, 0.2) is 5.78 Å². The van der Waals surface area contributed by atoms with Gasteiger partial charge in [-0.1, -0.05) is 37.3 Å². The Hall–Kier alpha value is -1.96. The number of aromatic nitrogens is 1. The van der Waals surface area contributed by atoms with Crippen molar-refractivity contribution in [2.24, 2.45) is 5.92 Å². The van der Waals surface area contributed by atoms with Crippen LogP contribution in [0.3, 0.4) is 0 Å². The summed E-state index contributed by atoms with van der Waals surface area (Å²) in [5.41, 5.74) is 1.99. The standard InChI is InChI=1S/C16H15NO/c1-16(13-7-3-2-4-8-13)10-14(16)15(18)12-6-5-9-17-11-12/h2-9,11,14H,10H2,1H3/t14-,16-/m1/s1. The van der Waals surface area contributed by atoms with Crippen LogP contribution in [-0.2, 0) is 5.41 Å². The van der Waals surface area contributed by atoms with Crippen molar-refractivity contribution in [3.05, 3.63) is 66.0 Å². The van der Waals surface area contributed by atoms with E-state index in [-0.39, 0.29) is 17.1 Å². The number of Topliss-reactive ketones (excluding diaryl/α,β-unsaturated/α-hetero) is 1. The van der Waals surface area contributed by atoms with Crippen molar-refractivity contribution in [3.8, 4) is 0 Å². The number of benzene rings is 1. The molecule has 0 spiro atoms. The van der Waals surface area contributed by atoms with Crippen molar-refractivity contribution in [2.45, 2.75) is 18.8 Å². The Morgan fingerprint density at radius 3 is 2.67 bits per heavy atom. The molecule has 90 valence electrons.